The third-order valence-electron chi connectivity index (χ3n) is 7.23. The molecule has 0 aliphatic heterocycles. The third-order valence-corrected chi connectivity index (χ3v) is 7.23. The van der Waals surface area contributed by atoms with E-state index in [0.717, 1.165) is 28.7 Å². The molecule has 0 fully saturated rings. The van der Waals surface area contributed by atoms with E-state index < -0.39 is 6.04 Å². The first-order valence-electron chi connectivity index (χ1n) is 13.6. The lowest BCUT2D eigenvalue weighted by Gasteiger charge is -2.32. The number of hydrogen-bond acceptors (Lipinski definition) is 2. The highest BCUT2D eigenvalue weighted by Crippen LogP contribution is 2.22. The molecule has 4 rings (SSSR count). The van der Waals surface area contributed by atoms with Crippen molar-refractivity contribution in [3.05, 3.63) is 119 Å². The first-order chi connectivity index (χ1) is 18.4. The van der Waals surface area contributed by atoms with Crippen LogP contribution in [0.4, 0.5) is 0 Å². The van der Waals surface area contributed by atoms with Crippen molar-refractivity contribution in [1.29, 1.82) is 0 Å². The molecule has 0 saturated carbocycles. The van der Waals surface area contributed by atoms with Gasteiger partial charge in [-0.05, 0) is 54.2 Å². The monoisotopic (exact) mass is 506 g/mol. The minimum Gasteiger partial charge on any atom is -0.352 e. The van der Waals surface area contributed by atoms with Gasteiger partial charge in [-0.15, -0.1) is 0 Å². The molecule has 0 spiro atoms. The first kappa shape index (κ1) is 27.1. The standard InChI is InChI=1S/C34H38N2O2/c1-4-26(3)35-34(38)32(23-27-11-6-5-7-12-27)36(24-28-19-17-25(2)18-20-28)33(37)22-21-30-15-10-14-29-13-8-9-16-31(29)30/h5-20,26,32H,4,21-24H2,1-3H3,(H,35,38)/t26-,32-/m0/s1. The van der Waals surface area contributed by atoms with Gasteiger partial charge in [0, 0.05) is 25.4 Å². The van der Waals surface area contributed by atoms with E-state index in [0.29, 0.717) is 25.8 Å². The fourth-order valence-corrected chi connectivity index (χ4v) is 4.78. The second-order valence-corrected chi connectivity index (χ2v) is 10.2. The highest BCUT2D eigenvalue weighted by molar-refractivity contribution is 5.89. The molecule has 4 aromatic rings. The van der Waals surface area contributed by atoms with Crippen molar-refractivity contribution >= 4 is 22.6 Å². The van der Waals surface area contributed by atoms with E-state index >= 15 is 0 Å². The van der Waals surface area contributed by atoms with Crippen molar-refractivity contribution in [3.63, 3.8) is 0 Å². The highest BCUT2D eigenvalue weighted by Gasteiger charge is 2.30. The minimum atomic E-state index is -0.604. The molecule has 4 nitrogen and oxygen atoms in total. The van der Waals surface area contributed by atoms with Gasteiger partial charge in [-0.3, -0.25) is 9.59 Å². The average Bonchev–Trinajstić information content (AvgIpc) is 2.95. The summed E-state index contributed by atoms with van der Waals surface area (Å²) >= 11 is 0. The zero-order valence-electron chi connectivity index (χ0n) is 22.7. The summed E-state index contributed by atoms with van der Waals surface area (Å²) in [5.74, 6) is -0.118. The van der Waals surface area contributed by atoms with Gasteiger partial charge in [-0.25, -0.2) is 0 Å². The molecule has 2 atom stereocenters. The quantitative estimate of drug-likeness (QED) is 0.248. The molecular weight excluding hydrogens is 468 g/mol. The number of nitrogens with one attached hydrogen (secondary N) is 1. The Hall–Kier alpha value is -3.92. The summed E-state index contributed by atoms with van der Waals surface area (Å²) in [4.78, 5) is 29.4. The summed E-state index contributed by atoms with van der Waals surface area (Å²) in [5, 5.41) is 5.49. The van der Waals surface area contributed by atoms with E-state index in [9.17, 15) is 9.59 Å². The Bertz CT molecular complexity index is 1340. The molecule has 38 heavy (non-hydrogen) atoms. The van der Waals surface area contributed by atoms with Crippen LogP contribution in [-0.2, 0) is 29.0 Å². The van der Waals surface area contributed by atoms with Crippen LogP contribution in [0.2, 0.25) is 0 Å². The topological polar surface area (TPSA) is 49.4 Å². The Balaban J connectivity index is 1.64. The van der Waals surface area contributed by atoms with E-state index in [4.69, 9.17) is 0 Å². The molecule has 2 amide bonds. The predicted octanol–water partition coefficient (Wildman–Crippen LogP) is 6.64. The van der Waals surface area contributed by atoms with Crippen LogP contribution in [0.3, 0.4) is 0 Å². The fraction of sp³-hybridized carbons (Fsp3) is 0.294. The minimum absolute atomic E-state index is 0.0151. The zero-order chi connectivity index (χ0) is 26.9. The number of amides is 2. The molecule has 0 aromatic heterocycles. The Kier molecular flexibility index (Phi) is 9.31. The van der Waals surface area contributed by atoms with E-state index in [1.165, 1.54) is 10.8 Å². The number of aryl methyl sites for hydroxylation is 2. The number of carbonyl (C=O) groups is 2. The van der Waals surface area contributed by atoms with Crippen LogP contribution < -0.4 is 5.32 Å². The first-order valence-corrected chi connectivity index (χ1v) is 13.6. The number of carbonyl (C=O) groups excluding carboxylic acids is 2. The summed E-state index contributed by atoms with van der Waals surface area (Å²) in [6.07, 6.45) is 2.25. The molecule has 196 valence electrons. The molecule has 4 heteroatoms. The van der Waals surface area contributed by atoms with Crippen LogP contribution in [0.15, 0.2) is 97.1 Å². The fourth-order valence-electron chi connectivity index (χ4n) is 4.78. The largest absolute Gasteiger partial charge is 0.352 e. The molecular formula is C34H38N2O2. The van der Waals surface area contributed by atoms with Crippen molar-refractivity contribution < 1.29 is 9.59 Å². The average molecular weight is 507 g/mol. The number of benzene rings is 4. The van der Waals surface area contributed by atoms with Crippen LogP contribution in [0, 0.1) is 6.92 Å². The summed E-state index contributed by atoms with van der Waals surface area (Å²) in [6.45, 7) is 6.50. The maximum atomic E-state index is 14.0. The molecule has 0 aliphatic carbocycles. The van der Waals surface area contributed by atoms with Gasteiger partial charge in [0.05, 0.1) is 0 Å². The summed E-state index contributed by atoms with van der Waals surface area (Å²) in [5.41, 5.74) is 4.37. The third kappa shape index (κ3) is 7.10. The van der Waals surface area contributed by atoms with Crippen molar-refractivity contribution in [3.8, 4) is 0 Å². The van der Waals surface area contributed by atoms with Crippen molar-refractivity contribution in [2.45, 2.75) is 65.1 Å². The molecule has 4 aromatic carbocycles. The zero-order valence-corrected chi connectivity index (χ0v) is 22.7. The number of rotatable bonds is 11. The van der Waals surface area contributed by atoms with Crippen molar-refractivity contribution in [2.75, 3.05) is 0 Å². The molecule has 0 saturated heterocycles. The van der Waals surface area contributed by atoms with Gasteiger partial charge in [0.25, 0.3) is 0 Å². The molecule has 0 bridgehead atoms. The van der Waals surface area contributed by atoms with Gasteiger partial charge < -0.3 is 10.2 Å². The number of hydrogen-bond donors (Lipinski definition) is 1. The van der Waals surface area contributed by atoms with Crippen LogP contribution in [0.5, 0.6) is 0 Å². The molecule has 0 heterocycles. The molecule has 1 N–H and O–H groups in total. The predicted molar refractivity (Wildman–Crippen MR) is 156 cm³/mol. The maximum Gasteiger partial charge on any atom is 0.243 e. The van der Waals surface area contributed by atoms with E-state index in [-0.39, 0.29) is 17.9 Å². The van der Waals surface area contributed by atoms with Crippen LogP contribution in [-0.4, -0.2) is 28.8 Å². The number of nitrogens with zero attached hydrogens (tertiary/aromatic N) is 1. The van der Waals surface area contributed by atoms with E-state index in [2.05, 4.69) is 55.6 Å². The van der Waals surface area contributed by atoms with Crippen molar-refractivity contribution in [2.24, 2.45) is 0 Å². The van der Waals surface area contributed by atoms with Gasteiger partial charge in [-0.1, -0.05) is 110 Å². The van der Waals surface area contributed by atoms with Gasteiger partial charge >= 0.3 is 0 Å². The van der Waals surface area contributed by atoms with Crippen LogP contribution in [0.25, 0.3) is 10.8 Å². The summed E-state index contributed by atoms with van der Waals surface area (Å²) in [6, 6.07) is 32.1. The molecule has 0 unspecified atom stereocenters. The Morgan fingerprint density at radius 3 is 2.24 bits per heavy atom. The molecule has 0 radical (unpaired) electrons. The van der Waals surface area contributed by atoms with Crippen molar-refractivity contribution in [1.82, 2.24) is 10.2 Å². The normalized spacial score (nSPS) is 12.6. The Morgan fingerprint density at radius 1 is 0.816 bits per heavy atom. The lowest BCUT2D eigenvalue weighted by molar-refractivity contribution is -0.141. The van der Waals surface area contributed by atoms with Gasteiger partial charge in [0.2, 0.25) is 11.8 Å². The highest BCUT2D eigenvalue weighted by atomic mass is 16.2. The second-order valence-electron chi connectivity index (χ2n) is 10.2. The second kappa shape index (κ2) is 13.0. The SMILES string of the molecule is CC[C@H](C)NC(=O)[C@H](Cc1ccccc1)N(Cc1ccc(C)cc1)C(=O)CCc1cccc2ccccc12. The Morgan fingerprint density at radius 2 is 1.50 bits per heavy atom. The van der Waals surface area contributed by atoms with Crippen LogP contribution in [0.1, 0.15) is 48.9 Å². The number of fused-ring (bicyclic) bond motifs is 1. The lowest BCUT2D eigenvalue weighted by atomic mass is 9.99. The van der Waals surface area contributed by atoms with E-state index in [1.54, 1.807) is 4.90 Å². The van der Waals surface area contributed by atoms with Gasteiger partial charge in [0.15, 0.2) is 0 Å². The Labute approximate surface area is 226 Å². The molecule has 0 aliphatic rings. The van der Waals surface area contributed by atoms with Gasteiger partial charge in [0.1, 0.15) is 6.04 Å². The van der Waals surface area contributed by atoms with Crippen LogP contribution >= 0.6 is 0 Å². The summed E-state index contributed by atoms with van der Waals surface area (Å²) in [7, 11) is 0. The smallest absolute Gasteiger partial charge is 0.243 e. The lowest BCUT2D eigenvalue weighted by Crippen LogP contribution is -2.52. The van der Waals surface area contributed by atoms with Gasteiger partial charge in [-0.2, -0.15) is 0 Å². The maximum absolute atomic E-state index is 14.0. The van der Waals surface area contributed by atoms with E-state index in [1.807, 2.05) is 67.6 Å². The summed E-state index contributed by atoms with van der Waals surface area (Å²) < 4.78 is 0.